The first-order chi connectivity index (χ1) is 8.74. The van der Waals surface area contributed by atoms with E-state index in [1.54, 1.807) is 12.1 Å². The molecule has 0 fully saturated rings. The van der Waals surface area contributed by atoms with Gasteiger partial charge in [0.2, 0.25) is 0 Å². The predicted octanol–water partition coefficient (Wildman–Crippen LogP) is 4.07. The Labute approximate surface area is 105 Å². The standard InChI is InChI=1S/C15H14F2O/c16-15(17)18-14-10-8-13(9-11-14)7-6-12-4-2-1-3-5-12/h1-5,8-11,15H,6-7H2. The minimum absolute atomic E-state index is 0.202. The molecule has 0 radical (unpaired) electrons. The van der Waals surface area contributed by atoms with Crippen molar-refractivity contribution in [3.63, 3.8) is 0 Å². The zero-order chi connectivity index (χ0) is 12.8. The highest BCUT2D eigenvalue weighted by atomic mass is 19.3. The third-order valence-corrected chi connectivity index (χ3v) is 2.69. The molecule has 0 aliphatic heterocycles. The van der Waals surface area contributed by atoms with E-state index in [2.05, 4.69) is 16.9 Å². The highest BCUT2D eigenvalue weighted by Crippen LogP contribution is 2.16. The van der Waals surface area contributed by atoms with E-state index in [1.165, 1.54) is 5.56 Å². The van der Waals surface area contributed by atoms with Crippen molar-refractivity contribution >= 4 is 0 Å². The molecular formula is C15H14F2O. The van der Waals surface area contributed by atoms with E-state index in [9.17, 15) is 8.78 Å². The number of halogens is 2. The van der Waals surface area contributed by atoms with Crippen LogP contribution in [0, 0.1) is 0 Å². The average Bonchev–Trinajstić information content (AvgIpc) is 2.38. The zero-order valence-corrected chi connectivity index (χ0v) is 9.85. The fourth-order valence-electron chi connectivity index (χ4n) is 1.77. The molecule has 0 bridgehead atoms. The van der Waals surface area contributed by atoms with Gasteiger partial charge >= 0.3 is 6.61 Å². The summed E-state index contributed by atoms with van der Waals surface area (Å²) in [6.07, 6.45) is 1.83. The van der Waals surface area contributed by atoms with Crippen LogP contribution in [-0.4, -0.2) is 6.61 Å². The smallest absolute Gasteiger partial charge is 0.387 e. The van der Waals surface area contributed by atoms with Gasteiger partial charge in [-0.3, -0.25) is 0 Å². The first-order valence-corrected chi connectivity index (χ1v) is 5.82. The summed E-state index contributed by atoms with van der Waals surface area (Å²) >= 11 is 0. The molecule has 0 spiro atoms. The van der Waals surface area contributed by atoms with Gasteiger partial charge in [0, 0.05) is 0 Å². The van der Waals surface area contributed by atoms with Crippen LogP contribution in [0.5, 0.6) is 5.75 Å². The fourth-order valence-corrected chi connectivity index (χ4v) is 1.77. The monoisotopic (exact) mass is 248 g/mol. The molecule has 0 aliphatic carbocycles. The molecule has 0 saturated carbocycles. The number of alkyl halides is 2. The Hall–Kier alpha value is -1.90. The summed E-state index contributed by atoms with van der Waals surface area (Å²) < 4.78 is 28.2. The molecular weight excluding hydrogens is 234 g/mol. The number of hydrogen-bond acceptors (Lipinski definition) is 1. The van der Waals surface area contributed by atoms with Crippen molar-refractivity contribution in [1.29, 1.82) is 0 Å². The molecule has 1 nitrogen and oxygen atoms in total. The third kappa shape index (κ3) is 3.84. The summed E-state index contributed by atoms with van der Waals surface area (Å²) in [5.41, 5.74) is 2.38. The lowest BCUT2D eigenvalue weighted by Gasteiger charge is -2.06. The van der Waals surface area contributed by atoms with Gasteiger partial charge in [0.1, 0.15) is 5.75 Å². The second-order valence-corrected chi connectivity index (χ2v) is 4.01. The van der Waals surface area contributed by atoms with E-state index in [4.69, 9.17) is 0 Å². The summed E-state index contributed by atoms with van der Waals surface area (Å²) in [4.78, 5) is 0. The van der Waals surface area contributed by atoms with Gasteiger partial charge in [-0.2, -0.15) is 8.78 Å². The van der Waals surface area contributed by atoms with Gasteiger partial charge in [-0.1, -0.05) is 42.5 Å². The van der Waals surface area contributed by atoms with Crippen LogP contribution in [-0.2, 0) is 12.8 Å². The minimum atomic E-state index is -2.76. The molecule has 3 heteroatoms. The molecule has 94 valence electrons. The van der Waals surface area contributed by atoms with Crippen molar-refractivity contribution in [2.24, 2.45) is 0 Å². The molecule has 0 aliphatic rings. The van der Waals surface area contributed by atoms with Crippen molar-refractivity contribution in [3.05, 3.63) is 65.7 Å². The summed E-state index contributed by atoms with van der Waals surface area (Å²) in [5, 5.41) is 0. The second-order valence-electron chi connectivity index (χ2n) is 4.01. The maximum Gasteiger partial charge on any atom is 0.387 e. The Bertz CT molecular complexity index is 466. The van der Waals surface area contributed by atoms with Crippen LogP contribution in [0.15, 0.2) is 54.6 Å². The summed E-state index contributed by atoms with van der Waals surface area (Å²) in [5.74, 6) is 0.202. The van der Waals surface area contributed by atoms with Crippen molar-refractivity contribution < 1.29 is 13.5 Å². The van der Waals surface area contributed by atoms with Gasteiger partial charge in [-0.15, -0.1) is 0 Å². The lowest BCUT2D eigenvalue weighted by atomic mass is 10.0. The normalized spacial score (nSPS) is 10.6. The molecule has 0 atom stereocenters. The first-order valence-electron chi connectivity index (χ1n) is 5.82. The van der Waals surface area contributed by atoms with Crippen LogP contribution in [0.1, 0.15) is 11.1 Å². The van der Waals surface area contributed by atoms with Crippen molar-refractivity contribution in [1.82, 2.24) is 0 Å². The lowest BCUT2D eigenvalue weighted by Crippen LogP contribution is -2.01. The number of hydrogen-bond donors (Lipinski definition) is 0. The quantitative estimate of drug-likeness (QED) is 0.775. The first kappa shape index (κ1) is 12.6. The molecule has 2 aromatic rings. The maximum absolute atomic E-state index is 12.0. The van der Waals surface area contributed by atoms with Gasteiger partial charge in [0.15, 0.2) is 0 Å². The average molecular weight is 248 g/mol. The maximum atomic E-state index is 12.0. The van der Waals surface area contributed by atoms with E-state index in [1.807, 2.05) is 30.3 Å². The Kier molecular flexibility index (Phi) is 4.29. The molecule has 0 heterocycles. The number of aryl methyl sites for hydroxylation is 2. The Balaban J connectivity index is 1.90. The van der Waals surface area contributed by atoms with Crippen LogP contribution in [0.4, 0.5) is 8.78 Å². The molecule has 0 saturated heterocycles. The van der Waals surface area contributed by atoms with E-state index >= 15 is 0 Å². The van der Waals surface area contributed by atoms with Crippen LogP contribution < -0.4 is 4.74 Å². The Morgan fingerprint density at radius 2 is 1.33 bits per heavy atom. The summed E-state index contributed by atoms with van der Waals surface area (Å²) in [7, 11) is 0. The second kappa shape index (κ2) is 6.15. The van der Waals surface area contributed by atoms with Gasteiger partial charge in [-0.25, -0.2) is 0 Å². The zero-order valence-electron chi connectivity index (χ0n) is 9.85. The van der Waals surface area contributed by atoms with Crippen LogP contribution >= 0.6 is 0 Å². The van der Waals surface area contributed by atoms with E-state index in [-0.39, 0.29) is 5.75 Å². The lowest BCUT2D eigenvalue weighted by molar-refractivity contribution is -0.0498. The molecule has 18 heavy (non-hydrogen) atoms. The highest BCUT2D eigenvalue weighted by molar-refractivity contribution is 5.28. The Morgan fingerprint density at radius 1 is 0.778 bits per heavy atom. The van der Waals surface area contributed by atoms with Crippen molar-refractivity contribution in [2.45, 2.75) is 19.5 Å². The van der Waals surface area contributed by atoms with Gasteiger partial charge < -0.3 is 4.74 Å². The minimum Gasteiger partial charge on any atom is -0.435 e. The van der Waals surface area contributed by atoms with Gasteiger partial charge in [0.05, 0.1) is 0 Å². The van der Waals surface area contributed by atoms with Gasteiger partial charge in [-0.05, 0) is 36.1 Å². The number of rotatable bonds is 5. The molecule has 0 N–H and O–H groups in total. The molecule has 0 amide bonds. The number of benzene rings is 2. The van der Waals surface area contributed by atoms with Gasteiger partial charge in [0.25, 0.3) is 0 Å². The predicted molar refractivity (Wildman–Crippen MR) is 66.9 cm³/mol. The highest BCUT2D eigenvalue weighted by Gasteiger charge is 2.03. The van der Waals surface area contributed by atoms with E-state index < -0.39 is 6.61 Å². The summed E-state index contributed by atoms with van der Waals surface area (Å²) in [6.45, 7) is -2.76. The Morgan fingerprint density at radius 3 is 1.89 bits per heavy atom. The number of ether oxygens (including phenoxy) is 1. The van der Waals surface area contributed by atoms with Crippen molar-refractivity contribution in [3.8, 4) is 5.75 Å². The van der Waals surface area contributed by atoms with E-state index in [0.717, 1.165) is 18.4 Å². The molecule has 2 rings (SSSR count). The molecule has 0 aromatic heterocycles. The van der Waals surface area contributed by atoms with Crippen LogP contribution in [0.2, 0.25) is 0 Å². The van der Waals surface area contributed by atoms with Crippen LogP contribution in [0.3, 0.4) is 0 Å². The topological polar surface area (TPSA) is 9.23 Å². The summed E-state index contributed by atoms with van der Waals surface area (Å²) in [6, 6.07) is 17.0. The largest absolute Gasteiger partial charge is 0.435 e. The fraction of sp³-hybridized carbons (Fsp3) is 0.200. The third-order valence-electron chi connectivity index (χ3n) is 2.69. The SMILES string of the molecule is FC(F)Oc1ccc(CCc2ccccc2)cc1. The molecule has 0 unspecified atom stereocenters. The van der Waals surface area contributed by atoms with Crippen molar-refractivity contribution in [2.75, 3.05) is 0 Å². The van der Waals surface area contributed by atoms with Crippen LogP contribution in [0.25, 0.3) is 0 Å². The van der Waals surface area contributed by atoms with E-state index in [0.29, 0.717) is 0 Å². The molecule has 2 aromatic carbocycles.